The van der Waals surface area contributed by atoms with Crippen molar-refractivity contribution in [2.75, 3.05) is 13.7 Å². The highest BCUT2D eigenvalue weighted by atomic mass is 16.7. The Bertz CT molecular complexity index is 1890. The Balaban J connectivity index is 0.864. The quantitative estimate of drug-likeness (QED) is 0.0434. The Morgan fingerprint density at radius 3 is 2.15 bits per heavy atom. The number of hydrazine groups is 2. The van der Waals surface area contributed by atoms with Gasteiger partial charge in [-0.3, -0.25) is 50.5 Å². The van der Waals surface area contributed by atoms with Crippen LogP contribution in [0.25, 0.3) is 0 Å². The average Bonchev–Trinajstić information content (AvgIpc) is 3.59. The number of carbonyl (C=O) groups is 6. The Hall–Kier alpha value is -4.32. The number of fused-ring (bicyclic) bond motifs is 5. The van der Waals surface area contributed by atoms with Crippen LogP contribution in [0.5, 0.6) is 5.75 Å². The highest BCUT2D eigenvalue weighted by Gasteiger charge is 2.55. The summed E-state index contributed by atoms with van der Waals surface area (Å²) >= 11 is 0. The van der Waals surface area contributed by atoms with Crippen molar-refractivity contribution in [2.45, 2.75) is 171 Å². The molecule has 0 radical (unpaired) electrons. The van der Waals surface area contributed by atoms with E-state index in [1.807, 2.05) is 6.07 Å². The maximum absolute atomic E-state index is 13.2. The van der Waals surface area contributed by atoms with Crippen LogP contribution in [-0.4, -0.2) is 142 Å². The van der Waals surface area contributed by atoms with E-state index in [0.29, 0.717) is 23.5 Å². The zero-order chi connectivity index (χ0) is 47.2. The highest BCUT2D eigenvalue weighted by molar-refractivity contribution is 5.86. The highest BCUT2D eigenvalue weighted by Crippen LogP contribution is 2.61. The molecule has 15 atom stereocenters. The minimum Gasteiger partial charge on any atom is -0.427 e. The number of benzene rings is 1. The van der Waals surface area contributed by atoms with Crippen molar-refractivity contribution in [1.82, 2.24) is 27.0 Å². The van der Waals surface area contributed by atoms with Crippen molar-refractivity contribution in [1.29, 1.82) is 0 Å². The third-order valence-corrected chi connectivity index (χ3v) is 14.0. The van der Waals surface area contributed by atoms with E-state index in [4.69, 9.17) is 23.7 Å². The third-order valence-electron chi connectivity index (χ3n) is 14.0. The number of carbonyl (C=O) groups excluding carboxylic acids is 6. The topological polar surface area (TPSA) is 310 Å². The predicted molar refractivity (Wildman–Crippen MR) is 224 cm³/mol. The Labute approximate surface area is 376 Å². The van der Waals surface area contributed by atoms with Crippen LogP contribution in [0, 0.1) is 17.3 Å². The van der Waals surface area contributed by atoms with Crippen molar-refractivity contribution in [3.8, 4) is 5.75 Å². The largest absolute Gasteiger partial charge is 0.427 e. The molecular formula is C44H65N5O16. The van der Waals surface area contributed by atoms with Crippen LogP contribution in [0.15, 0.2) is 18.2 Å². The van der Waals surface area contributed by atoms with Gasteiger partial charge in [0.1, 0.15) is 42.4 Å². The molecule has 2 heterocycles. The lowest BCUT2D eigenvalue weighted by Gasteiger charge is -2.50. The van der Waals surface area contributed by atoms with E-state index in [1.54, 1.807) is 13.0 Å². The van der Waals surface area contributed by atoms with Crippen molar-refractivity contribution in [3.05, 3.63) is 29.3 Å². The van der Waals surface area contributed by atoms with Crippen molar-refractivity contribution >= 4 is 35.5 Å². The molecule has 2 saturated heterocycles. The first-order chi connectivity index (χ1) is 30.9. The molecular weight excluding hydrogens is 855 g/mol. The molecule has 6 rings (SSSR count). The van der Waals surface area contributed by atoms with Gasteiger partial charge in [0, 0.05) is 33.3 Å². The van der Waals surface area contributed by atoms with Crippen molar-refractivity contribution < 1.29 is 78.0 Å². The molecule has 5 aliphatic rings. The zero-order valence-electron chi connectivity index (χ0n) is 37.2. The second-order valence-electron chi connectivity index (χ2n) is 18.2. The molecule has 5 amide bonds. The minimum atomic E-state index is -1.80. The van der Waals surface area contributed by atoms with Gasteiger partial charge in [0.25, 0.3) is 5.91 Å². The second-order valence-corrected chi connectivity index (χ2v) is 18.2. The molecule has 1 aromatic carbocycles. The van der Waals surface area contributed by atoms with Crippen LogP contribution in [0.3, 0.4) is 0 Å². The van der Waals surface area contributed by atoms with Gasteiger partial charge in [-0.25, -0.2) is 0 Å². The van der Waals surface area contributed by atoms with Gasteiger partial charge in [-0.2, -0.15) is 0 Å². The van der Waals surface area contributed by atoms with Gasteiger partial charge in [0.2, 0.25) is 23.6 Å². The van der Waals surface area contributed by atoms with Crippen molar-refractivity contribution in [3.63, 3.8) is 0 Å². The van der Waals surface area contributed by atoms with Crippen LogP contribution >= 0.6 is 0 Å². The monoisotopic (exact) mass is 919 g/mol. The number of aryl methyl sites for hydroxylation is 1. The number of ether oxygens (including phenoxy) is 5. The number of methoxy groups -OCH3 is 1. The van der Waals surface area contributed by atoms with Gasteiger partial charge in [-0.15, -0.1) is 0 Å². The Kier molecular flexibility index (Phi) is 16.9. The molecule has 2 aliphatic heterocycles. The van der Waals surface area contributed by atoms with E-state index < -0.39 is 103 Å². The standard InChI is InChI=1S/C44H65N5O16/c1-21-35(45-22(2)51)39(36(57)29(20-50)62-21)64-43-38(59)37(58)40(61-4)41(65-43)42(60)49-48-32(54)8-6-5-7-31(53)46-47-33(55)15-16-34(56)63-24-10-12-25-23(19-24)9-11-27-26(25)17-18-44(3)28(27)13-14-30(44)52/h10,12,19,21,26-30,35-41,43,50,52,57-59H,5-9,11,13-18,20H2,1-4H3,(H,45,51)(H,46,53)(H,47,55)(H,48,54)(H,49,60)/t21?,26-,27-,28+,29?,30+,35?,36?,37?,38?,39?,40?,41?,43?,44+/m1/s1. The number of nitrogens with one attached hydrogen (secondary N) is 5. The smallest absolute Gasteiger partial charge is 0.311 e. The molecule has 21 nitrogen and oxygen atoms in total. The molecule has 362 valence electrons. The van der Waals surface area contributed by atoms with Crippen LogP contribution in [0.2, 0.25) is 0 Å². The molecule has 2 saturated carbocycles. The summed E-state index contributed by atoms with van der Waals surface area (Å²) in [6.07, 6.45) is -7.67. The number of aliphatic hydroxyl groups is 5. The molecule has 0 aromatic heterocycles. The van der Waals surface area contributed by atoms with Crippen LogP contribution in [0.1, 0.15) is 108 Å². The fourth-order valence-electron chi connectivity index (χ4n) is 10.6. The lowest BCUT2D eigenvalue weighted by Crippen LogP contribution is -2.68. The second kappa shape index (κ2) is 22.0. The summed E-state index contributed by atoms with van der Waals surface area (Å²) in [6, 6.07) is 4.78. The first-order valence-electron chi connectivity index (χ1n) is 22.5. The number of amides is 5. The van der Waals surface area contributed by atoms with E-state index in [0.717, 1.165) is 45.6 Å². The lowest BCUT2D eigenvalue weighted by molar-refractivity contribution is -0.325. The number of aliphatic hydroxyl groups excluding tert-OH is 5. The summed E-state index contributed by atoms with van der Waals surface area (Å²) in [7, 11) is 1.16. The average molecular weight is 920 g/mol. The molecule has 0 spiro atoms. The summed E-state index contributed by atoms with van der Waals surface area (Å²) in [5.74, 6) is -1.92. The summed E-state index contributed by atoms with van der Waals surface area (Å²) in [6.45, 7) is 4.43. The third kappa shape index (κ3) is 11.6. The predicted octanol–water partition coefficient (Wildman–Crippen LogP) is -1.06. The van der Waals surface area contributed by atoms with E-state index in [9.17, 15) is 54.3 Å². The van der Waals surface area contributed by atoms with Crippen LogP contribution in [0.4, 0.5) is 0 Å². The number of hydrogen-bond donors (Lipinski definition) is 10. The molecule has 10 unspecified atom stereocenters. The summed E-state index contributed by atoms with van der Waals surface area (Å²) in [5.41, 5.74) is 11.4. The first kappa shape index (κ1) is 50.1. The summed E-state index contributed by atoms with van der Waals surface area (Å²) in [4.78, 5) is 74.9. The van der Waals surface area contributed by atoms with Crippen molar-refractivity contribution in [2.24, 2.45) is 17.3 Å². The van der Waals surface area contributed by atoms with Gasteiger partial charge in [-0.05, 0) is 105 Å². The molecule has 3 aliphatic carbocycles. The molecule has 10 N–H and O–H groups in total. The first-order valence-corrected chi connectivity index (χ1v) is 22.5. The molecule has 1 aromatic rings. The SMILES string of the molecule is COC1C(C(=O)NNC(=O)CCCCC(=O)NNC(=O)CCC(=O)Oc2ccc3c(c2)CC[C@@H]2[C@@H]3CC[C@]3(C)[C@@H](O)CC[C@@H]23)OC(OC2C(O)C(CO)OC(C)C2NC(C)=O)C(O)C1O. The van der Waals surface area contributed by atoms with Crippen LogP contribution < -0.4 is 31.8 Å². The van der Waals surface area contributed by atoms with E-state index in [2.05, 4.69) is 40.0 Å². The van der Waals surface area contributed by atoms with Gasteiger partial charge in [0.05, 0.1) is 31.3 Å². The minimum absolute atomic E-state index is 0.00139. The van der Waals surface area contributed by atoms with Gasteiger partial charge in [-0.1, -0.05) is 13.0 Å². The van der Waals surface area contributed by atoms with E-state index in [1.165, 1.54) is 18.1 Å². The molecule has 65 heavy (non-hydrogen) atoms. The fraction of sp³-hybridized carbons (Fsp3) is 0.727. The Morgan fingerprint density at radius 2 is 1.49 bits per heavy atom. The van der Waals surface area contributed by atoms with E-state index in [-0.39, 0.29) is 50.0 Å². The normalized spacial score (nSPS) is 35.0. The van der Waals surface area contributed by atoms with Gasteiger partial charge < -0.3 is 54.5 Å². The van der Waals surface area contributed by atoms with Crippen LogP contribution in [-0.2, 0) is 54.1 Å². The van der Waals surface area contributed by atoms with Gasteiger partial charge in [0.15, 0.2) is 12.4 Å². The zero-order valence-corrected chi connectivity index (χ0v) is 37.2. The molecule has 4 fully saturated rings. The number of unbranched alkanes of at least 4 members (excludes halogenated alkanes) is 1. The fourth-order valence-corrected chi connectivity index (χ4v) is 10.6. The van der Waals surface area contributed by atoms with E-state index >= 15 is 0 Å². The summed E-state index contributed by atoms with van der Waals surface area (Å²) in [5, 5.41) is 55.5. The number of esters is 1. The number of rotatable bonds is 15. The lowest BCUT2D eigenvalue weighted by atomic mass is 9.55. The molecule has 0 bridgehead atoms. The number of hydrogen-bond acceptors (Lipinski definition) is 16. The maximum Gasteiger partial charge on any atom is 0.311 e. The summed E-state index contributed by atoms with van der Waals surface area (Å²) < 4.78 is 27.9. The maximum atomic E-state index is 13.2. The van der Waals surface area contributed by atoms with Gasteiger partial charge >= 0.3 is 5.97 Å². The Morgan fingerprint density at radius 1 is 0.815 bits per heavy atom. The molecule has 21 heteroatoms.